The number of aryl methyl sites for hydroxylation is 1. The van der Waals surface area contributed by atoms with Crippen molar-refractivity contribution >= 4 is 27.3 Å². The maximum absolute atomic E-state index is 11.9. The Hall–Kier alpha value is -1.89. The molecule has 0 atom stereocenters. The Morgan fingerprint density at radius 1 is 1.00 bits per heavy atom. The van der Waals surface area contributed by atoms with Gasteiger partial charge in [-0.25, -0.2) is 8.42 Å². The fraction of sp³-hybridized carbons (Fsp3) is 0.278. The van der Waals surface area contributed by atoms with Crippen molar-refractivity contribution in [2.45, 2.75) is 24.3 Å². The van der Waals surface area contributed by atoms with Gasteiger partial charge in [0.1, 0.15) is 0 Å². The lowest BCUT2D eigenvalue weighted by Gasteiger charge is -2.07. The summed E-state index contributed by atoms with van der Waals surface area (Å²) >= 11 is 5.82. The van der Waals surface area contributed by atoms with Gasteiger partial charge in [0.25, 0.3) is 0 Å². The van der Waals surface area contributed by atoms with Gasteiger partial charge in [0.15, 0.2) is 9.84 Å². The van der Waals surface area contributed by atoms with E-state index < -0.39 is 16.4 Å². The summed E-state index contributed by atoms with van der Waals surface area (Å²) in [5.74, 6) is -0.375. The summed E-state index contributed by atoms with van der Waals surface area (Å²) in [6.07, 6.45) is 0.992. The molecule has 0 bridgehead atoms. The standard InChI is InChI=1S/C18H20ClNO4S/c19-16-6-1-14(2-7-16)5-10-18(22)20-13-15-3-8-17(9-4-15)25(23,24)12-11-21/h1-4,6-9,21H,5,10-13H2,(H,20,22). The number of rotatable bonds is 8. The number of hydrogen-bond donors (Lipinski definition) is 2. The van der Waals surface area contributed by atoms with Crippen molar-refractivity contribution in [1.82, 2.24) is 5.32 Å². The highest BCUT2D eigenvalue weighted by Gasteiger charge is 2.13. The summed E-state index contributed by atoms with van der Waals surface area (Å²) in [7, 11) is -3.45. The lowest BCUT2D eigenvalue weighted by atomic mass is 10.1. The predicted molar refractivity (Wildman–Crippen MR) is 97.2 cm³/mol. The normalized spacial score (nSPS) is 11.3. The molecule has 0 aliphatic heterocycles. The van der Waals surface area contributed by atoms with Gasteiger partial charge in [-0.1, -0.05) is 35.9 Å². The minimum Gasteiger partial charge on any atom is -0.395 e. The van der Waals surface area contributed by atoms with Crippen LogP contribution in [0.5, 0.6) is 0 Å². The molecule has 2 aromatic carbocycles. The molecular weight excluding hydrogens is 362 g/mol. The first-order valence-electron chi connectivity index (χ1n) is 7.84. The van der Waals surface area contributed by atoms with Crippen LogP contribution in [0.25, 0.3) is 0 Å². The van der Waals surface area contributed by atoms with Crippen molar-refractivity contribution in [1.29, 1.82) is 0 Å². The van der Waals surface area contributed by atoms with Gasteiger partial charge in [-0.3, -0.25) is 4.79 Å². The van der Waals surface area contributed by atoms with Crippen LogP contribution >= 0.6 is 11.6 Å². The molecule has 0 heterocycles. The molecule has 0 saturated heterocycles. The molecule has 0 aliphatic carbocycles. The van der Waals surface area contributed by atoms with E-state index in [1.54, 1.807) is 24.3 Å². The zero-order valence-corrected chi connectivity index (χ0v) is 15.2. The van der Waals surface area contributed by atoms with Crippen LogP contribution in [0.1, 0.15) is 17.5 Å². The first kappa shape index (κ1) is 19.4. The summed E-state index contributed by atoms with van der Waals surface area (Å²) < 4.78 is 23.6. The van der Waals surface area contributed by atoms with Gasteiger partial charge in [-0.15, -0.1) is 0 Å². The van der Waals surface area contributed by atoms with E-state index in [1.165, 1.54) is 12.1 Å². The fourth-order valence-corrected chi connectivity index (χ4v) is 3.40. The van der Waals surface area contributed by atoms with Crippen LogP contribution in [0.3, 0.4) is 0 Å². The molecule has 0 saturated carbocycles. The highest BCUT2D eigenvalue weighted by atomic mass is 35.5. The Labute approximate surface area is 152 Å². The van der Waals surface area contributed by atoms with Crippen molar-refractivity contribution in [3.63, 3.8) is 0 Å². The smallest absolute Gasteiger partial charge is 0.220 e. The monoisotopic (exact) mass is 381 g/mol. The molecule has 1 amide bonds. The number of carbonyl (C=O) groups excluding carboxylic acids is 1. The molecule has 25 heavy (non-hydrogen) atoms. The zero-order chi connectivity index (χ0) is 18.3. The first-order chi connectivity index (χ1) is 11.9. The molecule has 0 aliphatic rings. The molecule has 2 aromatic rings. The SMILES string of the molecule is O=C(CCc1ccc(Cl)cc1)NCc1ccc(S(=O)(=O)CCO)cc1. The van der Waals surface area contributed by atoms with Gasteiger partial charge in [0, 0.05) is 18.0 Å². The molecular formula is C18H20ClNO4S. The van der Waals surface area contributed by atoms with E-state index in [9.17, 15) is 13.2 Å². The highest BCUT2D eigenvalue weighted by Crippen LogP contribution is 2.13. The van der Waals surface area contributed by atoms with Crippen molar-refractivity contribution in [2.24, 2.45) is 0 Å². The van der Waals surface area contributed by atoms with Crippen molar-refractivity contribution < 1.29 is 18.3 Å². The topological polar surface area (TPSA) is 83.5 Å². The van der Waals surface area contributed by atoms with Crippen molar-refractivity contribution in [2.75, 3.05) is 12.4 Å². The third-order valence-electron chi connectivity index (χ3n) is 3.69. The average Bonchev–Trinajstić information content (AvgIpc) is 2.60. The predicted octanol–water partition coefficient (Wildman–Crippen LogP) is 2.36. The van der Waals surface area contributed by atoms with E-state index in [2.05, 4.69) is 5.32 Å². The van der Waals surface area contributed by atoms with Crippen LogP contribution < -0.4 is 5.32 Å². The third-order valence-corrected chi connectivity index (χ3v) is 5.65. The number of nitrogens with one attached hydrogen (secondary N) is 1. The molecule has 2 rings (SSSR count). The number of sulfone groups is 1. The largest absolute Gasteiger partial charge is 0.395 e. The molecule has 0 spiro atoms. The maximum atomic E-state index is 11.9. The molecule has 5 nitrogen and oxygen atoms in total. The summed E-state index contributed by atoms with van der Waals surface area (Å²) in [5, 5.41) is 12.3. The number of amides is 1. The van der Waals surface area contributed by atoms with Crippen molar-refractivity contribution in [3.05, 3.63) is 64.7 Å². The average molecular weight is 382 g/mol. The number of aliphatic hydroxyl groups is 1. The zero-order valence-electron chi connectivity index (χ0n) is 13.6. The second-order valence-electron chi connectivity index (χ2n) is 5.59. The number of aliphatic hydroxyl groups excluding tert-OH is 1. The van der Waals surface area contributed by atoms with E-state index >= 15 is 0 Å². The van der Waals surface area contributed by atoms with E-state index in [-0.39, 0.29) is 16.6 Å². The van der Waals surface area contributed by atoms with Gasteiger partial charge in [-0.05, 0) is 41.8 Å². The second-order valence-corrected chi connectivity index (χ2v) is 8.14. The molecule has 0 unspecified atom stereocenters. The van der Waals surface area contributed by atoms with Crippen LogP contribution in [-0.4, -0.2) is 31.8 Å². The van der Waals surface area contributed by atoms with Crippen LogP contribution in [0, 0.1) is 0 Å². The number of benzene rings is 2. The number of halogens is 1. The van der Waals surface area contributed by atoms with Crippen LogP contribution in [-0.2, 0) is 27.6 Å². The summed E-state index contributed by atoms with van der Waals surface area (Å²) in [6.45, 7) is -0.0759. The van der Waals surface area contributed by atoms with Crippen LogP contribution in [0.15, 0.2) is 53.4 Å². The highest BCUT2D eigenvalue weighted by molar-refractivity contribution is 7.91. The van der Waals surface area contributed by atoms with Crippen LogP contribution in [0.2, 0.25) is 5.02 Å². The van der Waals surface area contributed by atoms with Gasteiger partial charge < -0.3 is 10.4 Å². The van der Waals surface area contributed by atoms with E-state index in [1.807, 2.05) is 12.1 Å². The molecule has 2 N–H and O–H groups in total. The fourth-order valence-electron chi connectivity index (χ4n) is 2.25. The summed E-state index contributed by atoms with van der Waals surface area (Å²) in [6, 6.07) is 13.7. The maximum Gasteiger partial charge on any atom is 0.220 e. The first-order valence-corrected chi connectivity index (χ1v) is 9.87. The van der Waals surface area contributed by atoms with Gasteiger partial charge in [-0.2, -0.15) is 0 Å². The van der Waals surface area contributed by atoms with Gasteiger partial charge in [0.05, 0.1) is 17.3 Å². The molecule has 0 aromatic heterocycles. The number of carbonyl (C=O) groups is 1. The van der Waals surface area contributed by atoms with Gasteiger partial charge in [0.2, 0.25) is 5.91 Å². The molecule has 134 valence electrons. The second kappa shape index (κ2) is 8.99. The Kier molecular flexibility index (Phi) is 6.99. The molecule has 0 radical (unpaired) electrons. The molecule has 7 heteroatoms. The Morgan fingerprint density at radius 2 is 1.60 bits per heavy atom. The Morgan fingerprint density at radius 3 is 2.20 bits per heavy atom. The minimum atomic E-state index is -3.45. The number of hydrogen-bond acceptors (Lipinski definition) is 4. The van der Waals surface area contributed by atoms with Gasteiger partial charge >= 0.3 is 0 Å². The quantitative estimate of drug-likeness (QED) is 0.735. The summed E-state index contributed by atoms with van der Waals surface area (Å²) in [4.78, 5) is 12.1. The minimum absolute atomic E-state index is 0.0769. The van der Waals surface area contributed by atoms with E-state index in [0.29, 0.717) is 24.4 Å². The lowest BCUT2D eigenvalue weighted by Crippen LogP contribution is -2.23. The summed E-state index contributed by atoms with van der Waals surface area (Å²) in [5.41, 5.74) is 1.85. The third kappa shape index (κ3) is 6.16. The lowest BCUT2D eigenvalue weighted by molar-refractivity contribution is -0.121. The van der Waals surface area contributed by atoms with E-state index in [0.717, 1.165) is 11.1 Å². The van der Waals surface area contributed by atoms with E-state index in [4.69, 9.17) is 16.7 Å². The Balaban J connectivity index is 1.82. The Bertz CT molecular complexity index is 802. The van der Waals surface area contributed by atoms with Crippen LogP contribution in [0.4, 0.5) is 0 Å². The molecule has 0 fully saturated rings. The van der Waals surface area contributed by atoms with Crippen molar-refractivity contribution in [3.8, 4) is 0 Å².